The Bertz CT molecular complexity index is 6840. The molecule has 8 aromatic carbocycles. The molecule has 8 aromatic heterocycles. The molecule has 20 rings (SSSR count). The summed E-state index contributed by atoms with van der Waals surface area (Å²) >= 11 is 0. The van der Waals surface area contributed by atoms with Crippen LogP contribution in [0.3, 0.4) is 0 Å². The van der Waals surface area contributed by atoms with Crippen molar-refractivity contribution < 1.29 is 22.4 Å². The lowest BCUT2D eigenvalue weighted by Gasteiger charge is -2.23. The Morgan fingerprint density at radius 3 is 0.832 bits per heavy atom. The number of hydrogen-bond acceptors (Lipinski definition) is 4. The van der Waals surface area contributed by atoms with Crippen LogP contribution < -0.4 is 18.3 Å². The maximum atomic E-state index is 8.55. The van der Waals surface area contributed by atoms with E-state index in [0.29, 0.717) is 5.69 Å². The van der Waals surface area contributed by atoms with Crippen molar-refractivity contribution in [2.75, 3.05) is 0 Å². The normalized spacial score (nSPS) is 15.1. The van der Waals surface area contributed by atoms with Gasteiger partial charge in [0.2, 0.25) is 22.8 Å². The molecule has 0 spiro atoms. The van der Waals surface area contributed by atoms with Gasteiger partial charge in [0.1, 0.15) is 28.2 Å². The van der Waals surface area contributed by atoms with E-state index in [4.69, 9.17) is 19.1 Å². The molecule has 0 saturated heterocycles. The second kappa shape index (κ2) is 30.5. The summed E-state index contributed by atoms with van der Waals surface area (Å²) in [6, 6.07) is 88.7. The second-order valence-electron chi connectivity index (χ2n) is 34.9. The van der Waals surface area contributed by atoms with Gasteiger partial charge >= 0.3 is 0 Å². The molecule has 4 aliphatic carbocycles. The Labute approximate surface area is 707 Å². The van der Waals surface area contributed by atoms with E-state index in [1.54, 1.807) is 6.20 Å². The lowest BCUT2D eigenvalue weighted by molar-refractivity contribution is -0.660. The van der Waals surface area contributed by atoms with E-state index in [0.717, 1.165) is 44.6 Å². The van der Waals surface area contributed by atoms with Gasteiger partial charge in [-0.3, -0.25) is 19.9 Å². The molecule has 119 heavy (non-hydrogen) atoms. The summed E-state index contributed by atoms with van der Waals surface area (Å²) in [6.07, 6.45) is 16.1. The number of aryl methyl sites for hydroxylation is 11. The smallest absolute Gasteiger partial charge is 0.213 e. The zero-order valence-corrected chi connectivity index (χ0v) is 71.9. The summed E-state index contributed by atoms with van der Waals surface area (Å²) in [7, 11) is 8.45. The number of rotatable bonds is 8. The molecule has 0 saturated carbocycles. The van der Waals surface area contributed by atoms with E-state index in [9.17, 15) is 0 Å². The standard InChI is InChI=1S/3C28H27N2.C27H25N2/c1-18-8-11-20(12-9-18)21-13-15-24(30(5)17-21)25-19(2)10-14-22-23-7-6-16-29-27(23)28(3,4)26(22)25;2*1-18-8-11-20(12-9-18)21-14-16-30(5)24(17-21)25-19(2)10-13-22-23-7-6-15-29-27(23)28(3,4)26(22)25;1-18-12-14-21-22-11-8-16-28-26(22)27(2,3)25(21)24(18)23-15-13-20(17-29(23)4)19-9-6-5-7-10-19/h3*6-17H,1-5H3;5-17H,1-4H3/q4*+1/i;3D3;;. The number of fused-ring (bicyclic) bond motifs is 12. The Kier molecular flexibility index (Phi) is 19.1. The molecular weight excluding hydrogens is 1450 g/mol. The van der Waals surface area contributed by atoms with Gasteiger partial charge in [0.25, 0.3) is 0 Å². The maximum absolute atomic E-state index is 8.55. The number of hydrogen-bond donors (Lipinski definition) is 0. The molecule has 8 nitrogen and oxygen atoms in total. The van der Waals surface area contributed by atoms with Crippen LogP contribution in [-0.4, -0.2) is 19.9 Å². The summed E-state index contributed by atoms with van der Waals surface area (Å²) in [6.45, 7) is 28.4. The van der Waals surface area contributed by atoms with Crippen molar-refractivity contribution in [1.82, 2.24) is 19.9 Å². The third-order valence-electron chi connectivity index (χ3n) is 25.5. The van der Waals surface area contributed by atoms with Crippen molar-refractivity contribution >= 4 is 0 Å². The highest BCUT2D eigenvalue weighted by atomic mass is 14.9. The zero-order chi connectivity index (χ0) is 85.8. The molecule has 0 N–H and O–H groups in total. The van der Waals surface area contributed by atoms with E-state index in [1.807, 2.05) is 62.9 Å². The Hall–Kier alpha value is -13.0. The topological polar surface area (TPSA) is 67.1 Å². The quantitative estimate of drug-likeness (QED) is 0.142. The largest absolute Gasteiger partial charge is 0.260 e. The van der Waals surface area contributed by atoms with Gasteiger partial charge in [-0.15, -0.1) is 0 Å². The predicted molar refractivity (Wildman–Crippen MR) is 489 cm³/mol. The molecule has 0 aliphatic heterocycles. The fourth-order valence-electron chi connectivity index (χ4n) is 19.3. The van der Waals surface area contributed by atoms with Gasteiger partial charge in [-0.05, 0) is 185 Å². The Morgan fingerprint density at radius 1 is 0.244 bits per heavy atom. The van der Waals surface area contributed by atoms with Crippen LogP contribution in [0.1, 0.15) is 143 Å². The number of aromatic nitrogens is 8. The summed E-state index contributed by atoms with van der Waals surface area (Å²) in [5.41, 5.74) is 45.2. The average molecular weight is 1560 g/mol. The molecule has 0 amide bonds. The molecule has 1 atom stereocenters. The van der Waals surface area contributed by atoms with Crippen molar-refractivity contribution in [1.29, 1.82) is 0 Å². The van der Waals surface area contributed by atoms with Gasteiger partial charge in [-0.1, -0.05) is 248 Å². The molecule has 0 bridgehead atoms. The summed E-state index contributed by atoms with van der Waals surface area (Å²) in [5, 5.41) is 0. The fraction of sp³-hybridized carbons (Fsp3) is 0.207. The van der Waals surface area contributed by atoms with Gasteiger partial charge in [0, 0.05) is 120 Å². The van der Waals surface area contributed by atoms with Crippen LogP contribution in [0.4, 0.5) is 0 Å². The molecule has 0 radical (unpaired) electrons. The lowest BCUT2D eigenvalue weighted by atomic mass is 9.80. The van der Waals surface area contributed by atoms with Crippen LogP contribution in [0.25, 0.3) is 134 Å². The van der Waals surface area contributed by atoms with Crippen molar-refractivity contribution in [3.8, 4) is 134 Å². The van der Waals surface area contributed by atoms with E-state index in [1.165, 1.54) is 168 Å². The van der Waals surface area contributed by atoms with Crippen molar-refractivity contribution in [2.45, 2.75) is 125 Å². The van der Waals surface area contributed by atoms with Crippen molar-refractivity contribution in [3.05, 3.63) is 382 Å². The van der Waals surface area contributed by atoms with Gasteiger partial charge in [0.15, 0.2) is 24.8 Å². The van der Waals surface area contributed by atoms with Gasteiger partial charge in [-0.2, -0.15) is 0 Å². The average Bonchev–Trinajstić information content (AvgIpc) is 1.52. The molecule has 0 fully saturated rings. The predicted octanol–water partition coefficient (Wildman–Crippen LogP) is 24.3. The first-order chi connectivity index (χ1) is 58.4. The lowest BCUT2D eigenvalue weighted by Crippen LogP contribution is -2.32. The second-order valence-corrected chi connectivity index (χ2v) is 34.9. The van der Waals surface area contributed by atoms with Crippen LogP contribution in [0.15, 0.2) is 298 Å². The molecule has 1 unspecified atom stereocenters. The highest BCUT2D eigenvalue weighted by Gasteiger charge is 2.45. The van der Waals surface area contributed by atoms with Crippen LogP contribution in [0.5, 0.6) is 0 Å². The number of pyridine rings is 8. The van der Waals surface area contributed by atoms with E-state index in [-0.39, 0.29) is 16.2 Å². The first-order valence-electron chi connectivity index (χ1n) is 43.0. The minimum absolute atomic E-state index is 0.127. The van der Waals surface area contributed by atoms with Crippen LogP contribution in [-0.2, 0) is 49.9 Å². The third-order valence-corrected chi connectivity index (χ3v) is 25.5. The Balaban J connectivity index is 0.000000116. The van der Waals surface area contributed by atoms with E-state index in [2.05, 4.69) is 378 Å². The van der Waals surface area contributed by atoms with Crippen LogP contribution in [0.2, 0.25) is 0 Å². The van der Waals surface area contributed by atoms with Crippen LogP contribution >= 0.6 is 0 Å². The fourth-order valence-corrected chi connectivity index (χ4v) is 19.3. The zero-order valence-electron chi connectivity index (χ0n) is 74.9. The minimum Gasteiger partial charge on any atom is -0.260 e. The highest BCUT2D eigenvalue weighted by Crippen LogP contribution is 2.56. The first kappa shape index (κ1) is 74.8. The molecule has 4 aliphatic rings. The Morgan fingerprint density at radius 2 is 0.521 bits per heavy atom. The van der Waals surface area contributed by atoms with E-state index >= 15 is 0 Å². The molecule has 16 aromatic rings. The maximum Gasteiger partial charge on any atom is 0.213 e. The van der Waals surface area contributed by atoms with E-state index < -0.39 is 12.3 Å². The minimum atomic E-state index is -2.25. The number of benzene rings is 8. The molecule has 8 heteroatoms. The molecule has 586 valence electrons. The summed E-state index contributed by atoms with van der Waals surface area (Å²) in [4.78, 5) is 18.9. The highest BCUT2D eigenvalue weighted by molar-refractivity contribution is 5.92. The SMILES string of the molecule is Cc1ccc(-c2cc[n+](C)c(-c3c(C)ccc4c3C(C)(C)c3ncccc3-4)c2)cc1.Cc1ccc(-c2ccc(-c3c(C)ccc4c3C(C)(C)c3ncccc3-4)[n+](C)c2)cc1.Cc1ccc2c(c1-c1ccc(-c3ccccc3)c[n+]1C)C(C)(C)c1ncccc1-2.[2H]C([2H])([2H])C1(C)c2ncccc2-c2ccc(C)c(-c3cc(-c4ccc(C)cc4)cc[n+]3C)c21. The van der Waals surface area contributed by atoms with Crippen molar-refractivity contribution in [2.24, 2.45) is 28.2 Å². The third kappa shape index (κ3) is 13.7. The first-order valence-corrected chi connectivity index (χ1v) is 41.5. The molecular formula is C111H106N8+4. The number of nitrogens with zero attached hydrogens (tertiary/aromatic N) is 8. The molecule has 8 heterocycles. The van der Waals surface area contributed by atoms with Crippen molar-refractivity contribution in [3.63, 3.8) is 0 Å². The van der Waals surface area contributed by atoms with Crippen LogP contribution in [0, 0.1) is 48.5 Å². The summed E-state index contributed by atoms with van der Waals surface area (Å²) < 4.78 is 34.5. The summed E-state index contributed by atoms with van der Waals surface area (Å²) in [5.74, 6) is 0. The van der Waals surface area contributed by atoms with Gasteiger partial charge in [-0.25, -0.2) is 18.3 Å². The van der Waals surface area contributed by atoms with Gasteiger partial charge < -0.3 is 0 Å². The van der Waals surface area contributed by atoms with Gasteiger partial charge in [0.05, 0.1) is 45.0 Å². The monoisotopic (exact) mass is 1550 g/mol.